The molecular weight excluding hydrogens is 312 g/mol. The standard InChI is InChI=1S/C17H30N2O3S/c1-2-23(21,22)18-12-9-14(10-13-18)16-8-3-4-11-19(16)17(20)15-6-5-7-15/h14-16H,2-13H2,1H3. The molecule has 1 atom stereocenters. The van der Waals surface area contributed by atoms with E-state index in [0.717, 1.165) is 45.1 Å². The molecule has 2 saturated heterocycles. The van der Waals surface area contributed by atoms with Crippen LogP contribution >= 0.6 is 0 Å². The van der Waals surface area contributed by atoms with Crippen LogP contribution in [0.2, 0.25) is 0 Å². The maximum Gasteiger partial charge on any atom is 0.225 e. The molecule has 2 heterocycles. The minimum absolute atomic E-state index is 0.188. The first kappa shape index (κ1) is 17.2. The van der Waals surface area contributed by atoms with Gasteiger partial charge in [0.05, 0.1) is 5.75 Å². The molecule has 0 bridgehead atoms. The molecular formula is C17H30N2O3S. The molecule has 6 heteroatoms. The van der Waals surface area contributed by atoms with Crippen molar-refractivity contribution in [2.75, 3.05) is 25.4 Å². The lowest BCUT2D eigenvalue weighted by Crippen LogP contribution is -2.53. The van der Waals surface area contributed by atoms with Gasteiger partial charge in [-0.1, -0.05) is 6.42 Å². The summed E-state index contributed by atoms with van der Waals surface area (Å²) in [4.78, 5) is 14.9. The highest BCUT2D eigenvalue weighted by atomic mass is 32.2. The number of rotatable bonds is 4. The van der Waals surface area contributed by atoms with Crippen LogP contribution in [0.5, 0.6) is 0 Å². The van der Waals surface area contributed by atoms with Crippen molar-refractivity contribution in [3.8, 4) is 0 Å². The zero-order chi connectivity index (χ0) is 16.4. The van der Waals surface area contributed by atoms with Crippen LogP contribution in [0.25, 0.3) is 0 Å². The highest BCUT2D eigenvalue weighted by molar-refractivity contribution is 7.89. The Hall–Kier alpha value is -0.620. The molecule has 23 heavy (non-hydrogen) atoms. The Morgan fingerprint density at radius 3 is 2.22 bits per heavy atom. The highest BCUT2D eigenvalue weighted by Crippen LogP contribution is 2.35. The van der Waals surface area contributed by atoms with Crippen molar-refractivity contribution in [1.29, 1.82) is 0 Å². The minimum atomic E-state index is -3.06. The lowest BCUT2D eigenvalue weighted by Gasteiger charge is -2.45. The van der Waals surface area contributed by atoms with Crippen molar-refractivity contribution in [2.24, 2.45) is 11.8 Å². The molecule has 1 aliphatic carbocycles. The predicted molar refractivity (Wildman–Crippen MR) is 90.5 cm³/mol. The normalized spacial score (nSPS) is 28.6. The Morgan fingerprint density at radius 1 is 0.957 bits per heavy atom. The fourth-order valence-corrected chi connectivity index (χ4v) is 5.46. The third kappa shape index (κ3) is 3.58. The number of amides is 1. The maximum absolute atomic E-state index is 12.7. The minimum Gasteiger partial charge on any atom is -0.339 e. The fraction of sp³-hybridized carbons (Fsp3) is 0.941. The van der Waals surface area contributed by atoms with Crippen LogP contribution in [0.3, 0.4) is 0 Å². The molecule has 1 unspecified atom stereocenters. The molecule has 3 aliphatic rings. The maximum atomic E-state index is 12.7. The Balaban J connectivity index is 1.62. The first-order chi connectivity index (χ1) is 11.0. The second-order valence-electron chi connectivity index (χ2n) is 7.36. The van der Waals surface area contributed by atoms with E-state index in [1.807, 2.05) is 0 Å². The van der Waals surface area contributed by atoms with Gasteiger partial charge in [0.1, 0.15) is 0 Å². The van der Waals surface area contributed by atoms with Crippen molar-refractivity contribution in [3.63, 3.8) is 0 Å². The van der Waals surface area contributed by atoms with Crippen molar-refractivity contribution in [1.82, 2.24) is 9.21 Å². The molecule has 0 radical (unpaired) electrons. The number of carbonyl (C=O) groups excluding carboxylic acids is 1. The van der Waals surface area contributed by atoms with Crippen molar-refractivity contribution in [3.05, 3.63) is 0 Å². The molecule has 1 amide bonds. The number of sulfonamides is 1. The number of hydrogen-bond donors (Lipinski definition) is 0. The molecule has 0 aromatic rings. The van der Waals surface area contributed by atoms with Crippen LogP contribution in [-0.4, -0.2) is 55.0 Å². The smallest absolute Gasteiger partial charge is 0.225 e. The van der Waals surface area contributed by atoms with E-state index in [1.165, 1.54) is 12.8 Å². The van der Waals surface area contributed by atoms with Crippen LogP contribution in [0.15, 0.2) is 0 Å². The van der Waals surface area contributed by atoms with Gasteiger partial charge in [-0.15, -0.1) is 0 Å². The van der Waals surface area contributed by atoms with E-state index in [4.69, 9.17) is 0 Å². The van der Waals surface area contributed by atoms with E-state index in [-0.39, 0.29) is 11.7 Å². The van der Waals surface area contributed by atoms with E-state index in [0.29, 0.717) is 31.0 Å². The van der Waals surface area contributed by atoms with E-state index >= 15 is 0 Å². The van der Waals surface area contributed by atoms with E-state index in [2.05, 4.69) is 4.90 Å². The average Bonchev–Trinajstić information content (AvgIpc) is 2.53. The Labute approximate surface area is 140 Å². The summed E-state index contributed by atoms with van der Waals surface area (Å²) in [6, 6.07) is 0.350. The molecule has 0 aromatic carbocycles. The topological polar surface area (TPSA) is 57.7 Å². The number of piperidine rings is 2. The SMILES string of the molecule is CCS(=O)(=O)N1CCC(C2CCCCN2C(=O)C2CCC2)CC1. The molecule has 2 aliphatic heterocycles. The van der Waals surface area contributed by atoms with Gasteiger partial charge in [-0.2, -0.15) is 0 Å². The van der Waals surface area contributed by atoms with Crippen LogP contribution in [0.4, 0.5) is 0 Å². The van der Waals surface area contributed by atoms with Gasteiger partial charge in [0, 0.05) is 31.6 Å². The molecule has 0 aromatic heterocycles. The third-order valence-corrected chi connectivity index (χ3v) is 7.97. The molecule has 5 nitrogen and oxygen atoms in total. The summed E-state index contributed by atoms with van der Waals surface area (Å²) in [6.07, 6.45) is 8.55. The second-order valence-corrected chi connectivity index (χ2v) is 9.62. The highest BCUT2D eigenvalue weighted by Gasteiger charge is 2.39. The first-order valence-corrected chi connectivity index (χ1v) is 10.9. The average molecular weight is 343 g/mol. The lowest BCUT2D eigenvalue weighted by molar-refractivity contribution is -0.143. The van der Waals surface area contributed by atoms with Crippen molar-refractivity contribution >= 4 is 15.9 Å². The molecule has 132 valence electrons. The summed E-state index contributed by atoms with van der Waals surface area (Å²) >= 11 is 0. The zero-order valence-electron chi connectivity index (χ0n) is 14.2. The molecule has 0 N–H and O–H groups in total. The predicted octanol–water partition coefficient (Wildman–Crippen LogP) is 2.23. The van der Waals surface area contributed by atoms with Crippen LogP contribution in [0, 0.1) is 11.8 Å². The number of nitrogens with zero attached hydrogens (tertiary/aromatic N) is 2. The van der Waals surface area contributed by atoms with Crippen LogP contribution in [-0.2, 0) is 14.8 Å². The molecule has 3 fully saturated rings. The number of hydrogen-bond acceptors (Lipinski definition) is 3. The lowest BCUT2D eigenvalue weighted by atomic mass is 9.80. The zero-order valence-corrected chi connectivity index (χ0v) is 15.1. The van der Waals surface area contributed by atoms with Crippen molar-refractivity contribution in [2.45, 2.75) is 64.3 Å². The van der Waals surface area contributed by atoms with Crippen molar-refractivity contribution < 1.29 is 13.2 Å². The van der Waals surface area contributed by atoms with Gasteiger partial charge in [-0.25, -0.2) is 12.7 Å². The largest absolute Gasteiger partial charge is 0.339 e. The number of likely N-dealkylation sites (tertiary alicyclic amines) is 1. The van der Waals surface area contributed by atoms with Gasteiger partial charge < -0.3 is 4.90 Å². The Bertz CT molecular complexity index is 522. The van der Waals surface area contributed by atoms with Crippen LogP contribution < -0.4 is 0 Å². The first-order valence-electron chi connectivity index (χ1n) is 9.31. The fourth-order valence-electron chi connectivity index (χ4n) is 4.33. The molecule has 1 saturated carbocycles. The van der Waals surface area contributed by atoms with Gasteiger partial charge >= 0.3 is 0 Å². The van der Waals surface area contributed by atoms with Gasteiger partial charge in [-0.3, -0.25) is 4.79 Å². The van der Waals surface area contributed by atoms with Gasteiger partial charge in [0.2, 0.25) is 15.9 Å². The van der Waals surface area contributed by atoms with Gasteiger partial charge in [0.25, 0.3) is 0 Å². The molecule has 3 rings (SSSR count). The van der Waals surface area contributed by atoms with E-state index < -0.39 is 10.0 Å². The Kier molecular flexibility index (Phi) is 5.31. The monoisotopic (exact) mass is 342 g/mol. The Morgan fingerprint density at radius 2 is 1.65 bits per heavy atom. The second kappa shape index (κ2) is 7.09. The van der Waals surface area contributed by atoms with E-state index in [1.54, 1.807) is 11.2 Å². The summed E-state index contributed by atoms with van der Waals surface area (Å²) in [5.41, 5.74) is 0. The quantitative estimate of drug-likeness (QED) is 0.787. The van der Waals surface area contributed by atoms with E-state index in [9.17, 15) is 13.2 Å². The van der Waals surface area contributed by atoms with Crippen LogP contribution in [0.1, 0.15) is 58.3 Å². The van der Waals surface area contributed by atoms with Gasteiger partial charge in [-0.05, 0) is 57.8 Å². The third-order valence-electron chi connectivity index (χ3n) is 6.09. The van der Waals surface area contributed by atoms with Gasteiger partial charge in [0.15, 0.2) is 0 Å². The summed E-state index contributed by atoms with van der Waals surface area (Å²) in [6.45, 7) is 3.88. The summed E-state index contributed by atoms with van der Waals surface area (Å²) in [5, 5.41) is 0. The summed E-state index contributed by atoms with van der Waals surface area (Å²) < 4.78 is 25.7. The summed E-state index contributed by atoms with van der Waals surface area (Å²) in [7, 11) is -3.06. The summed E-state index contributed by atoms with van der Waals surface area (Å²) in [5.74, 6) is 1.32. The number of carbonyl (C=O) groups is 1. The molecule has 0 spiro atoms.